The van der Waals surface area contributed by atoms with Crippen molar-refractivity contribution in [3.63, 3.8) is 0 Å². The molecule has 0 aliphatic carbocycles. The van der Waals surface area contributed by atoms with Crippen molar-refractivity contribution in [3.05, 3.63) is 0 Å². The van der Waals surface area contributed by atoms with Gasteiger partial charge in [-0.1, -0.05) is 0 Å². The summed E-state index contributed by atoms with van der Waals surface area (Å²) in [6.07, 6.45) is -19.0. The molecule has 248 valence electrons. The summed E-state index contributed by atoms with van der Waals surface area (Å²) in [6, 6.07) is -4.31. The van der Waals surface area contributed by atoms with Crippen LogP contribution in [0.3, 0.4) is 0 Å². The van der Waals surface area contributed by atoms with Crippen LogP contribution < -0.4 is 16.0 Å². The molecule has 3 rings (SSSR count). The second kappa shape index (κ2) is 15.3. The van der Waals surface area contributed by atoms with Crippen LogP contribution in [0.25, 0.3) is 0 Å². The molecule has 43 heavy (non-hydrogen) atoms. The van der Waals surface area contributed by atoms with Gasteiger partial charge >= 0.3 is 0 Å². The maximum atomic E-state index is 12.1. The first-order valence-electron chi connectivity index (χ1n) is 13.5. The molecule has 0 aromatic carbocycles. The van der Waals surface area contributed by atoms with Gasteiger partial charge in [-0.2, -0.15) is 0 Å². The molecule has 19 nitrogen and oxygen atoms in total. The highest BCUT2D eigenvalue weighted by molar-refractivity contribution is 5.74. The number of hydrogen-bond acceptors (Lipinski definition) is 16. The van der Waals surface area contributed by atoms with E-state index in [9.17, 15) is 55.2 Å². The van der Waals surface area contributed by atoms with Crippen molar-refractivity contribution < 1.29 is 78.9 Å². The summed E-state index contributed by atoms with van der Waals surface area (Å²) in [5.74, 6) is -1.96. The third kappa shape index (κ3) is 8.14. The average molecular weight is 628 g/mol. The molecule has 3 heterocycles. The van der Waals surface area contributed by atoms with E-state index in [4.69, 9.17) is 23.7 Å². The number of aliphatic hydroxyl groups excluding tert-OH is 8. The van der Waals surface area contributed by atoms with Gasteiger partial charge in [-0.3, -0.25) is 14.4 Å². The number of ether oxygens (including phenoxy) is 5. The Hall–Kier alpha value is -2.11. The molecule has 3 aliphatic rings. The van der Waals surface area contributed by atoms with E-state index in [1.807, 2.05) is 0 Å². The monoisotopic (exact) mass is 627 g/mol. The lowest BCUT2D eigenvalue weighted by Crippen LogP contribution is -2.71. The van der Waals surface area contributed by atoms with Gasteiger partial charge in [-0.05, 0) is 0 Å². The number of nitrogens with one attached hydrogen (secondary N) is 3. The van der Waals surface area contributed by atoms with Crippen LogP contribution in [0.5, 0.6) is 0 Å². The van der Waals surface area contributed by atoms with Gasteiger partial charge in [0.1, 0.15) is 73.1 Å². The Morgan fingerprint density at radius 3 is 1.37 bits per heavy atom. The molecule has 3 amide bonds. The van der Waals surface area contributed by atoms with Crippen molar-refractivity contribution >= 4 is 17.7 Å². The molecule has 0 unspecified atom stereocenters. The highest BCUT2D eigenvalue weighted by Crippen LogP contribution is 2.32. The number of amides is 3. The first kappa shape index (κ1) is 35.4. The summed E-state index contributed by atoms with van der Waals surface area (Å²) >= 11 is 0. The number of hydrogen-bond donors (Lipinski definition) is 11. The standard InChI is InChI=1S/C24H41N3O16/c1-7(31)25-13-18(36)20(11(5-29)39-22(13)38)42-24-15(27-9(3)33)19(37)21(12(6-30)41-24)43-23-14(26-8(2)32)17(35)16(34)10(4-28)40-23/h10-24,28-30,34-38H,4-6H2,1-3H3,(H,25,31)(H,26,32)(H,27,33)/t10-,11+,12+,13+,14+,15-,16-,17-,18-,19+,20-,21-,22-,23+,24+/m1/s1. The molecule has 15 atom stereocenters. The van der Waals surface area contributed by atoms with Gasteiger partial charge in [0.15, 0.2) is 18.9 Å². The first-order valence-corrected chi connectivity index (χ1v) is 13.5. The zero-order valence-corrected chi connectivity index (χ0v) is 23.6. The summed E-state index contributed by atoms with van der Waals surface area (Å²) in [5.41, 5.74) is 0. The molecular weight excluding hydrogens is 586 g/mol. The summed E-state index contributed by atoms with van der Waals surface area (Å²) < 4.78 is 28.3. The van der Waals surface area contributed by atoms with Crippen LogP contribution in [0, 0.1) is 0 Å². The van der Waals surface area contributed by atoms with E-state index in [0.29, 0.717) is 0 Å². The minimum atomic E-state index is -1.77. The summed E-state index contributed by atoms with van der Waals surface area (Å²) in [6.45, 7) is 0.995. The molecule has 0 saturated carbocycles. The van der Waals surface area contributed by atoms with Crippen molar-refractivity contribution in [2.24, 2.45) is 0 Å². The van der Waals surface area contributed by atoms with E-state index in [1.165, 1.54) is 0 Å². The highest BCUT2D eigenvalue weighted by Gasteiger charge is 2.54. The third-order valence-electron chi connectivity index (χ3n) is 7.30. The maximum absolute atomic E-state index is 12.1. The molecule has 0 spiro atoms. The van der Waals surface area contributed by atoms with E-state index in [1.54, 1.807) is 0 Å². The van der Waals surface area contributed by atoms with Gasteiger partial charge in [0, 0.05) is 20.8 Å². The lowest BCUT2D eigenvalue weighted by Gasteiger charge is -2.49. The number of carbonyl (C=O) groups excluding carboxylic acids is 3. The fourth-order valence-corrected chi connectivity index (χ4v) is 5.28. The molecule has 3 saturated heterocycles. The van der Waals surface area contributed by atoms with Gasteiger partial charge in [-0.25, -0.2) is 0 Å². The first-order chi connectivity index (χ1) is 20.2. The van der Waals surface area contributed by atoms with Crippen molar-refractivity contribution in [1.82, 2.24) is 16.0 Å². The van der Waals surface area contributed by atoms with Crippen LogP contribution in [0.1, 0.15) is 20.8 Å². The van der Waals surface area contributed by atoms with Crippen molar-refractivity contribution in [1.29, 1.82) is 0 Å². The van der Waals surface area contributed by atoms with Crippen LogP contribution in [-0.2, 0) is 38.1 Å². The normalized spacial score (nSPS) is 43.5. The van der Waals surface area contributed by atoms with E-state index in [0.717, 1.165) is 20.8 Å². The molecule has 11 N–H and O–H groups in total. The van der Waals surface area contributed by atoms with Crippen molar-refractivity contribution in [2.75, 3.05) is 19.8 Å². The highest BCUT2D eigenvalue weighted by atomic mass is 16.7. The lowest BCUT2D eigenvalue weighted by atomic mass is 9.93. The van der Waals surface area contributed by atoms with Crippen molar-refractivity contribution in [3.8, 4) is 0 Å². The van der Waals surface area contributed by atoms with Crippen LogP contribution in [0.4, 0.5) is 0 Å². The molecule has 19 heteroatoms. The molecule has 0 bridgehead atoms. The fraction of sp³-hybridized carbons (Fsp3) is 0.875. The minimum absolute atomic E-state index is 0.628. The fourth-order valence-electron chi connectivity index (χ4n) is 5.28. The van der Waals surface area contributed by atoms with Gasteiger partial charge in [-0.15, -0.1) is 0 Å². The van der Waals surface area contributed by atoms with Crippen LogP contribution in [0.2, 0.25) is 0 Å². The Labute approximate surface area is 245 Å². The third-order valence-corrected chi connectivity index (χ3v) is 7.30. The lowest BCUT2D eigenvalue weighted by molar-refractivity contribution is -0.351. The zero-order chi connectivity index (χ0) is 32.2. The summed E-state index contributed by atoms with van der Waals surface area (Å²) in [4.78, 5) is 35.5. The Bertz CT molecular complexity index is 962. The molecule has 3 aliphatic heterocycles. The maximum Gasteiger partial charge on any atom is 0.217 e. The zero-order valence-electron chi connectivity index (χ0n) is 23.6. The second-order valence-electron chi connectivity index (χ2n) is 10.5. The van der Waals surface area contributed by atoms with Crippen molar-refractivity contribution in [2.45, 2.75) is 113 Å². The molecule has 0 aromatic heterocycles. The predicted molar refractivity (Wildman–Crippen MR) is 136 cm³/mol. The second-order valence-corrected chi connectivity index (χ2v) is 10.5. The Morgan fingerprint density at radius 2 is 0.930 bits per heavy atom. The number of carbonyl (C=O) groups is 3. The number of aliphatic hydroxyl groups is 8. The minimum Gasteiger partial charge on any atom is -0.394 e. The number of rotatable bonds is 10. The summed E-state index contributed by atoms with van der Waals surface area (Å²) in [7, 11) is 0. The van der Waals surface area contributed by atoms with Crippen LogP contribution >= 0.6 is 0 Å². The van der Waals surface area contributed by atoms with Gasteiger partial charge in [0.25, 0.3) is 0 Å². The van der Waals surface area contributed by atoms with Gasteiger partial charge in [0.05, 0.1) is 19.8 Å². The van der Waals surface area contributed by atoms with E-state index in [2.05, 4.69) is 16.0 Å². The Kier molecular flexibility index (Phi) is 12.5. The predicted octanol–water partition coefficient (Wildman–Crippen LogP) is -7.14. The average Bonchev–Trinajstić information content (AvgIpc) is 2.94. The van der Waals surface area contributed by atoms with E-state index < -0.39 is 129 Å². The molecule has 0 radical (unpaired) electrons. The van der Waals surface area contributed by atoms with Crippen LogP contribution in [-0.4, -0.2) is 170 Å². The quantitative estimate of drug-likeness (QED) is 0.107. The SMILES string of the molecule is CC(=O)N[C@@H]1[C@H](O[C@H]2[C@@H](O)[C@@H](NC(C)=O)[C@H](O[C@H]3[C@H](O)[C@H](NC(C)=O)[C@H](O)O[C@H]3CO)O[C@H]2CO)O[C@H](CO)[C@@H](O)[C@@H]1O. The summed E-state index contributed by atoms with van der Waals surface area (Å²) in [5, 5.41) is 90.0. The Balaban J connectivity index is 1.89. The smallest absolute Gasteiger partial charge is 0.217 e. The largest absolute Gasteiger partial charge is 0.394 e. The van der Waals surface area contributed by atoms with Gasteiger partial charge < -0.3 is 80.5 Å². The van der Waals surface area contributed by atoms with E-state index in [-0.39, 0.29) is 0 Å². The van der Waals surface area contributed by atoms with Gasteiger partial charge in [0.2, 0.25) is 17.7 Å². The topological polar surface area (TPSA) is 295 Å². The van der Waals surface area contributed by atoms with Crippen LogP contribution in [0.15, 0.2) is 0 Å². The molecule has 0 aromatic rings. The molecule has 3 fully saturated rings. The molecular formula is C24H41N3O16. The van der Waals surface area contributed by atoms with E-state index >= 15 is 0 Å². The Morgan fingerprint density at radius 1 is 0.558 bits per heavy atom.